The van der Waals surface area contributed by atoms with Crippen molar-refractivity contribution in [2.75, 3.05) is 19.8 Å². The Morgan fingerprint density at radius 3 is 2.55 bits per heavy atom. The number of rotatable bonds is 3. The lowest BCUT2D eigenvalue weighted by atomic mass is 10.3. The lowest BCUT2D eigenvalue weighted by Gasteiger charge is -2.10. The highest BCUT2D eigenvalue weighted by Gasteiger charge is 2.11. The monoisotopic (exact) mass is 276 g/mol. The third-order valence-corrected chi connectivity index (χ3v) is 2.45. The summed E-state index contributed by atoms with van der Waals surface area (Å²) in [6.07, 6.45) is 0. The largest absolute Gasteiger partial charge is 0.435 e. The van der Waals surface area contributed by atoms with Crippen LogP contribution in [0.15, 0.2) is 30.3 Å². The molecule has 0 bridgehead atoms. The van der Waals surface area contributed by atoms with E-state index in [-0.39, 0.29) is 28.9 Å². The van der Waals surface area contributed by atoms with Crippen LogP contribution in [0.3, 0.4) is 0 Å². The Morgan fingerprint density at radius 2 is 2.00 bits per heavy atom. The Balaban J connectivity index is 2.17. The number of carbonyl (C=O) groups is 1. The molecule has 0 radical (unpaired) electrons. The van der Waals surface area contributed by atoms with Crippen molar-refractivity contribution >= 4 is 11.6 Å². The number of hydrogen-bond donors (Lipinski definition) is 1. The highest BCUT2D eigenvalue weighted by molar-refractivity contribution is 5.91. The number of nitrogens with zero attached hydrogens (tertiary/aromatic N) is 3. The van der Waals surface area contributed by atoms with E-state index in [9.17, 15) is 9.18 Å². The summed E-state index contributed by atoms with van der Waals surface area (Å²) >= 11 is 0. The van der Waals surface area contributed by atoms with E-state index in [1.54, 1.807) is 14.1 Å². The van der Waals surface area contributed by atoms with Crippen LogP contribution in [0.4, 0.5) is 10.1 Å². The number of aromatic nitrogens is 2. The van der Waals surface area contributed by atoms with Gasteiger partial charge in [-0.1, -0.05) is 0 Å². The van der Waals surface area contributed by atoms with Gasteiger partial charge in [0.05, 0.1) is 5.69 Å². The van der Waals surface area contributed by atoms with Crippen LogP contribution < -0.4 is 10.5 Å². The van der Waals surface area contributed by atoms with Gasteiger partial charge in [-0.15, -0.1) is 10.2 Å². The number of ether oxygens (including phenoxy) is 1. The topological polar surface area (TPSA) is 81.3 Å². The fraction of sp³-hybridized carbons (Fsp3) is 0.154. The molecule has 104 valence electrons. The predicted molar refractivity (Wildman–Crippen MR) is 70.9 cm³/mol. The van der Waals surface area contributed by atoms with Gasteiger partial charge in [0.15, 0.2) is 11.4 Å². The van der Waals surface area contributed by atoms with Gasteiger partial charge in [-0.2, -0.15) is 0 Å². The molecular weight excluding hydrogens is 263 g/mol. The van der Waals surface area contributed by atoms with Crippen molar-refractivity contribution in [3.63, 3.8) is 0 Å². The summed E-state index contributed by atoms with van der Waals surface area (Å²) in [5.41, 5.74) is 5.97. The van der Waals surface area contributed by atoms with Crippen molar-refractivity contribution in [3.8, 4) is 11.6 Å². The quantitative estimate of drug-likeness (QED) is 0.863. The second-order valence-electron chi connectivity index (χ2n) is 4.24. The van der Waals surface area contributed by atoms with Gasteiger partial charge < -0.3 is 15.4 Å². The van der Waals surface area contributed by atoms with E-state index in [2.05, 4.69) is 10.2 Å². The predicted octanol–water partition coefficient (Wildman–Crippen LogP) is 1.69. The first kappa shape index (κ1) is 13.7. The van der Waals surface area contributed by atoms with E-state index < -0.39 is 5.82 Å². The molecule has 2 rings (SSSR count). The van der Waals surface area contributed by atoms with Gasteiger partial charge in [0.1, 0.15) is 5.82 Å². The maximum absolute atomic E-state index is 12.9. The molecule has 0 saturated carbocycles. The lowest BCUT2D eigenvalue weighted by molar-refractivity contribution is 0.0820. The molecule has 1 heterocycles. The van der Waals surface area contributed by atoms with Crippen LogP contribution in [0.2, 0.25) is 0 Å². The molecule has 7 heteroatoms. The lowest BCUT2D eigenvalue weighted by Crippen LogP contribution is -2.23. The van der Waals surface area contributed by atoms with Crippen molar-refractivity contribution in [2.24, 2.45) is 0 Å². The van der Waals surface area contributed by atoms with E-state index in [1.165, 1.54) is 29.2 Å². The Bertz CT molecular complexity index is 629. The van der Waals surface area contributed by atoms with Gasteiger partial charge in [-0.05, 0) is 18.2 Å². The van der Waals surface area contributed by atoms with Crippen molar-refractivity contribution in [1.82, 2.24) is 15.1 Å². The summed E-state index contributed by atoms with van der Waals surface area (Å²) in [6.45, 7) is 0. The standard InChI is InChI=1S/C13H13FN4O2/c1-18(2)13(19)10-4-6-12(17-16-10)20-11-5-3-8(14)7-9(11)15/h3-7H,15H2,1-2H3. The fourth-order valence-electron chi connectivity index (χ4n) is 1.44. The molecule has 0 aliphatic heterocycles. The second-order valence-corrected chi connectivity index (χ2v) is 4.24. The minimum absolute atomic E-state index is 0.153. The van der Waals surface area contributed by atoms with Crippen LogP contribution in [-0.2, 0) is 0 Å². The average molecular weight is 276 g/mol. The fourth-order valence-corrected chi connectivity index (χ4v) is 1.44. The zero-order chi connectivity index (χ0) is 14.7. The van der Waals surface area contributed by atoms with E-state index >= 15 is 0 Å². The maximum Gasteiger partial charge on any atom is 0.273 e. The van der Waals surface area contributed by atoms with Crippen LogP contribution in [-0.4, -0.2) is 35.1 Å². The number of amides is 1. The van der Waals surface area contributed by atoms with Crippen LogP contribution in [0.25, 0.3) is 0 Å². The number of hydrogen-bond acceptors (Lipinski definition) is 5. The van der Waals surface area contributed by atoms with E-state index in [1.807, 2.05) is 0 Å². The first-order valence-electron chi connectivity index (χ1n) is 5.75. The van der Waals surface area contributed by atoms with Gasteiger partial charge in [-0.25, -0.2) is 4.39 Å². The molecule has 2 aromatic rings. The normalized spacial score (nSPS) is 10.2. The number of anilines is 1. The zero-order valence-corrected chi connectivity index (χ0v) is 11.0. The van der Waals surface area contributed by atoms with Gasteiger partial charge in [0.2, 0.25) is 5.88 Å². The minimum Gasteiger partial charge on any atom is -0.435 e. The number of carbonyl (C=O) groups excluding carboxylic acids is 1. The molecule has 0 saturated heterocycles. The van der Waals surface area contributed by atoms with Gasteiger partial charge in [-0.3, -0.25) is 4.79 Å². The molecule has 0 atom stereocenters. The molecule has 0 aliphatic carbocycles. The Kier molecular flexibility index (Phi) is 3.79. The summed E-state index contributed by atoms with van der Waals surface area (Å²) < 4.78 is 18.3. The van der Waals surface area contributed by atoms with Crippen molar-refractivity contribution in [2.45, 2.75) is 0 Å². The molecule has 1 aromatic heterocycles. The Hall–Kier alpha value is -2.70. The van der Waals surface area contributed by atoms with Crippen molar-refractivity contribution in [3.05, 3.63) is 41.8 Å². The molecule has 6 nitrogen and oxygen atoms in total. The Labute approximate surface area is 115 Å². The zero-order valence-electron chi connectivity index (χ0n) is 11.0. The van der Waals surface area contributed by atoms with E-state index in [0.717, 1.165) is 6.07 Å². The summed E-state index contributed by atoms with van der Waals surface area (Å²) in [5, 5.41) is 7.53. The smallest absolute Gasteiger partial charge is 0.273 e. The van der Waals surface area contributed by atoms with Gasteiger partial charge >= 0.3 is 0 Å². The van der Waals surface area contributed by atoms with Crippen LogP contribution in [0.5, 0.6) is 11.6 Å². The molecule has 1 amide bonds. The second kappa shape index (κ2) is 5.52. The van der Waals surface area contributed by atoms with Crippen LogP contribution >= 0.6 is 0 Å². The molecule has 0 spiro atoms. The first-order valence-corrected chi connectivity index (χ1v) is 5.75. The maximum atomic E-state index is 12.9. The molecule has 1 aromatic carbocycles. The number of nitrogen functional groups attached to an aromatic ring is 1. The Morgan fingerprint density at radius 1 is 1.25 bits per heavy atom. The number of benzene rings is 1. The highest BCUT2D eigenvalue weighted by Crippen LogP contribution is 2.26. The van der Waals surface area contributed by atoms with E-state index in [4.69, 9.17) is 10.5 Å². The highest BCUT2D eigenvalue weighted by atomic mass is 19.1. The van der Waals surface area contributed by atoms with Crippen LogP contribution in [0, 0.1) is 5.82 Å². The summed E-state index contributed by atoms with van der Waals surface area (Å²) in [5.74, 6) is -0.274. The molecule has 2 N–H and O–H groups in total. The molecule has 0 aliphatic rings. The van der Waals surface area contributed by atoms with Crippen molar-refractivity contribution in [1.29, 1.82) is 0 Å². The molecule has 20 heavy (non-hydrogen) atoms. The first-order chi connectivity index (χ1) is 9.47. The number of halogens is 1. The summed E-state index contributed by atoms with van der Waals surface area (Å²) in [4.78, 5) is 13.0. The third kappa shape index (κ3) is 3.00. The van der Waals surface area contributed by atoms with Gasteiger partial charge in [0.25, 0.3) is 5.91 Å². The molecule has 0 fully saturated rings. The third-order valence-electron chi connectivity index (χ3n) is 2.45. The van der Waals surface area contributed by atoms with E-state index in [0.29, 0.717) is 0 Å². The van der Waals surface area contributed by atoms with Gasteiger partial charge in [0, 0.05) is 26.2 Å². The molecular formula is C13H13FN4O2. The van der Waals surface area contributed by atoms with Crippen molar-refractivity contribution < 1.29 is 13.9 Å². The minimum atomic E-state index is -0.451. The summed E-state index contributed by atoms with van der Waals surface area (Å²) in [7, 11) is 3.24. The average Bonchev–Trinajstić information content (AvgIpc) is 2.42. The summed E-state index contributed by atoms with van der Waals surface area (Å²) in [6, 6.07) is 6.75. The SMILES string of the molecule is CN(C)C(=O)c1ccc(Oc2ccc(F)cc2N)nn1. The van der Waals surface area contributed by atoms with Crippen LogP contribution in [0.1, 0.15) is 10.5 Å². The molecule has 0 unspecified atom stereocenters. The number of nitrogens with two attached hydrogens (primary N) is 1.